The molecule has 0 unspecified atom stereocenters. The van der Waals surface area contributed by atoms with E-state index in [1.54, 1.807) is 31.8 Å². The Morgan fingerprint density at radius 3 is 2.31 bits per heavy atom. The van der Waals surface area contributed by atoms with Gasteiger partial charge in [0.25, 0.3) is 0 Å². The second-order valence-electron chi connectivity index (χ2n) is 8.81. The molecule has 8 heteroatoms. The van der Waals surface area contributed by atoms with E-state index in [2.05, 4.69) is 72.9 Å². The van der Waals surface area contributed by atoms with Gasteiger partial charge in [0.15, 0.2) is 5.82 Å². The molecule has 39 heavy (non-hydrogen) atoms. The fourth-order valence-electron chi connectivity index (χ4n) is 3.16. The highest BCUT2D eigenvalue weighted by atomic mass is 16.1. The van der Waals surface area contributed by atoms with Gasteiger partial charge in [-0.05, 0) is 69.4 Å². The van der Waals surface area contributed by atoms with Crippen molar-refractivity contribution in [3.05, 3.63) is 95.3 Å². The smallest absolute Gasteiger partial charge is 0.206 e. The van der Waals surface area contributed by atoms with Gasteiger partial charge in [-0.3, -0.25) is 19.9 Å². The predicted octanol–water partition coefficient (Wildman–Crippen LogP) is 5.73. The molecule has 3 heterocycles. The minimum absolute atomic E-state index is 0.258. The normalized spacial score (nSPS) is 9.69. The highest BCUT2D eigenvalue weighted by Crippen LogP contribution is 2.20. The predicted molar refractivity (Wildman–Crippen MR) is 160 cm³/mol. The molecule has 4 aromatic rings. The van der Waals surface area contributed by atoms with Crippen molar-refractivity contribution in [2.45, 2.75) is 59.8 Å². The Kier molecular flexibility index (Phi) is 14.9. The number of pyridine rings is 1. The Bertz CT molecular complexity index is 1280. The summed E-state index contributed by atoms with van der Waals surface area (Å²) in [5, 5.41) is 12.7. The molecule has 0 aliphatic rings. The van der Waals surface area contributed by atoms with E-state index in [1.807, 2.05) is 52.8 Å². The van der Waals surface area contributed by atoms with Crippen LogP contribution in [0, 0.1) is 26.2 Å². The summed E-state index contributed by atoms with van der Waals surface area (Å²) in [4.78, 5) is 21.5. The van der Waals surface area contributed by atoms with E-state index in [0.717, 1.165) is 30.0 Å². The van der Waals surface area contributed by atoms with Gasteiger partial charge in [0, 0.05) is 37.4 Å². The first-order chi connectivity index (χ1) is 18.8. The van der Waals surface area contributed by atoms with Gasteiger partial charge in [-0.25, -0.2) is 4.98 Å². The first-order valence-electron chi connectivity index (χ1n) is 12.9. The molecule has 0 radical (unpaired) electrons. The summed E-state index contributed by atoms with van der Waals surface area (Å²) in [6.07, 6.45) is 14.7. The average molecular weight is 528 g/mol. The molecule has 0 saturated heterocycles. The van der Waals surface area contributed by atoms with Crippen molar-refractivity contribution in [1.29, 1.82) is 0 Å². The number of aromatic amines is 1. The number of carbonyl (C=O) groups excluding carboxylic acids is 1. The summed E-state index contributed by atoms with van der Waals surface area (Å²) in [5.41, 5.74) is 5.70. The van der Waals surface area contributed by atoms with E-state index in [-0.39, 0.29) is 5.41 Å². The molecule has 0 aliphatic heterocycles. The van der Waals surface area contributed by atoms with Gasteiger partial charge in [0.05, 0.1) is 17.3 Å². The summed E-state index contributed by atoms with van der Waals surface area (Å²) < 4.78 is 0. The van der Waals surface area contributed by atoms with Crippen LogP contribution in [0.1, 0.15) is 55.8 Å². The number of aryl methyl sites for hydroxylation is 4. The maximum absolute atomic E-state index is 9.06. The van der Waals surface area contributed by atoms with Crippen LogP contribution in [0.5, 0.6) is 0 Å². The summed E-state index contributed by atoms with van der Waals surface area (Å²) in [5.74, 6) is 4.17. The molecule has 0 spiro atoms. The number of amides is 1. The van der Waals surface area contributed by atoms with Crippen molar-refractivity contribution in [3.63, 3.8) is 0 Å². The lowest BCUT2D eigenvalue weighted by molar-refractivity contribution is -0.109. The molecule has 8 nitrogen and oxygen atoms in total. The minimum atomic E-state index is -0.258. The number of H-pyrrole nitrogens is 1. The Morgan fingerprint density at radius 1 is 1.00 bits per heavy atom. The van der Waals surface area contributed by atoms with Gasteiger partial charge < -0.3 is 10.6 Å². The number of benzene rings is 1. The quantitative estimate of drug-likeness (QED) is 0.209. The fraction of sp³-hybridized carbons (Fsp3) is 0.323. The molecule has 0 atom stereocenters. The fourth-order valence-corrected chi connectivity index (χ4v) is 3.16. The van der Waals surface area contributed by atoms with Gasteiger partial charge in [-0.2, -0.15) is 5.10 Å². The highest BCUT2D eigenvalue weighted by Gasteiger charge is 2.18. The van der Waals surface area contributed by atoms with E-state index in [9.17, 15) is 0 Å². The SMILES string of the molecule is C#CC(C)(C)c1cc(C)ccn1.CC.CNC=O.Cc1ccccc1CCc1cc(Nc2cnccn2)n[nH]1. The van der Waals surface area contributed by atoms with Crippen LogP contribution in [0.2, 0.25) is 0 Å². The summed E-state index contributed by atoms with van der Waals surface area (Å²) in [7, 11) is 1.56. The second-order valence-corrected chi connectivity index (χ2v) is 8.81. The zero-order chi connectivity index (χ0) is 29.1. The number of terminal acetylenes is 1. The van der Waals surface area contributed by atoms with E-state index in [0.29, 0.717) is 12.2 Å². The van der Waals surface area contributed by atoms with Crippen LogP contribution in [0.25, 0.3) is 0 Å². The molecular weight excluding hydrogens is 486 g/mol. The molecular formula is C31H41N7O. The lowest BCUT2D eigenvalue weighted by Crippen LogP contribution is -2.15. The minimum Gasteiger partial charge on any atom is -0.362 e. The summed E-state index contributed by atoms with van der Waals surface area (Å²) in [6.45, 7) is 12.2. The maximum atomic E-state index is 9.06. The zero-order valence-electron chi connectivity index (χ0n) is 24.1. The number of nitrogens with one attached hydrogen (secondary N) is 3. The van der Waals surface area contributed by atoms with Crippen LogP contribution in [0.15, 0.2) is 67.3 Å². The molecule has 3 aromatic heterocycles. The zero-order valence-corrected chi connectivity index (χ0v) is 24.1. The molecule has 0 aliphatic carbocycles. The number of hydrogen-bond acceptors (Lipinski definition) is 6. The third kappa shape index (κ3) is 12.1. The first-order valence-corrected chi connectivity index (χ1v) is 12.9. The van der Waals surface area contributed by atoms with Crippen molar-refractivity contribution < 1.29 is 4.79 Å². The third-order valence-corrected chi connectivity index (χ3v) is 5.41. The molecule has 3 N–H and O–H groups in total. The number of aromatic nitrogens is 5. The van der Waals surface area contributed by atoms with Crippen molar-refractivity contribution in [1.82, 2.24) is 30.5 Å². The summed E-state index contributed by atoms with van der Waals surface area (Å²) in [6, 6.07) is 14.5. The topological polar surface area (TPSA) is 108 Å². The van der Waals surface area contributed by atoms with E-state index in [1.165, 1.54) is 16.7 Å². The third-order valence-electron chi connectivity index (χ3n) is 5.41. The first kappa shape index (κ1) is 32.5. The standard InChI is InChI=1S/C16H17N5.C11H13N.C2H5NO.C2H6/c1-12-4-2-3-5-13(12)6-7-14-10-15(21-20-14)19-16-11-17-8-9-18-16;1-5-11(3,4)10-8-9(2)6-7-12-10;1-3-2-4;1-2/h2-5,8-11H,6-7H2,1H3,(H2,18,19,20,21);1,6-8H,2-4H3;2H,1H3,(H,3,4);1-2H3. The lowest BCUT2D eigenvalue weighted by atomic mass is 9.89. The van der Waals surface area contributed by atoms with Crippen molar-refractivity contribution in [3.8, 4) is 12.3 Å². The Labute approximate surface area is 233 Å². The number of hydrogen-bond donors (Lipinski definition) is 3. The van der Waals surface area contributed by atoms with Crippen LogP contribution < -0.4 is 10.6 Å². The van der Waals surface area contributed by atoms with E-state index < -0.39 is 0 Å². The number of rotatable bonds is 7. The number of anilines is 2. The molecule has 1 aromatic carbocycles. The molecule has 0 fully saturated rings. The summed E-state index contributed by atoms with van der Waals surface area (Å²) >= 11 is 0. The highest BCUT2D eigenvalue weighted by molar-refractivity contribution is 5.50. The van der Waals surface area contributed by atoms with Crippen LogP contribution in [0.3, 0.4) is 0 Å². The van der Waals surface area contributed by atoms with Gasteiger partial charge in [0.1, 0.15) is 5.82 Å². The molecule has 0 saturated carbocycles. The Hall–Kier alpha value is -4.51. The molecule has 0 bridgehead atoms. The van der Waals surface area contributed by atoms with Crippen LogP contribution in [0.4, 0.5) is 11.6 Å². The monoisotopic (exact) mass is 527 g/mol. The largest absolute Gasteiger partial charge is 0.362 e. The molecule has 4 rings (SSSR count). The molecule has 1 amide bonds. The Balaban J connectivity index is 0.000000358. The lowest BCUT2D eigenvalue weighted by Gasteiger charge is -2.16. The van der Waals surface area contributed by atoms with Gasteiger partial charge in [-0.1, -0.05) is 44.0 Å². The van der Waals surface area contributed by atoms with Crippen molar-refractivity contribution >= 4 is 18.0 Å². The van der Waals surface area contributed by atoms with E-state index >= 15 is 0 Å². The number of nitrogens with zero attached hydrogens (tertiary/aromatic N) is 4. The van der Waals surface area contributed by atoms with Crippen LogP contribution in [-0.4, -0.2) is 38.6 Å². The Morgan fingerprint density at radius 2 is 1.72 bits per heavy atom. The van der Waals surface area contributed by atoms with Gasteiger partial charge >= 0.3 is 0 Å². The van der Waals surface area contributed by atoms with Gasteiger partial charge in [0.2, 0.25) is 6.41 Å². The second kappa shape index (κ2) is 17.9. The van der Waals surface area contributed by atoms with Crippen LogP contribution in [-0.2, 0) is 23.1 Å². The van der Waals surface area contributed by atoms with E-state index in [4.69, 9.17) is 11.2 Å². The maximum Gasteiger partial charge on any atom is 0.206 e. The van der Waals surface area contributed by atoms with Crippen LogP contribution >= 0.6 is 0 Å². The average Bonchev–Trinajstić information content (AvgIpc) is 3.42. The van der Waals surface area contributed by atoms with Gasteiger partial charge in [-0.15, -0.1) is 6.42 Å². The van der Waals surface area contributed by atoms with Crippen molar-refractivity contribution in [2.75, 3.05) is 12.4 Å². The van der Waals surface area contributed by atoms with Crippen molar-refractivity contribution in [2.24, 2.45) is 0 Å². The number of carbonyl (C=O) groups is 1. The molecule has 206 valence electrons.